The summed E-state index contributed by atoms with van der Waals surface area (Å²) >= 11 is 28.8. The van der Waals surface area contributed by atoms with Gasteiger partial charge in [-0.2, -0.15) is 4.68 Å². The van der Waals surface area contributed by atoms with Crippen LogP contribution in [0.5, 0.6) is 5.75 Å². The fourth-order valence-corrected chi connectivity index (χ4v) is 7.39. The second kappa shape index (κ2) is 29.6. The van der Waals surface area contributed by atoms with Crippen LogP contribution >= 0.6 is 65.4 Å². The number of hydrogen-bond acceptors (Lipinski definition) is 9. The molecule has 2 heterocycles. The number of aryl methyl sites for hydroxylation is 3. The molecule has 1 aromatic heterocycles. The molecule has 2 atom stereocenters. The average molecular weight is 997 g/mol. The number of aromatic nitrogens is 3. The first-order valence-electron chi connectivity index (χ1n) is 19.5. The molecular formula is C42H56Cl5N6O9P. The number of alkyl halides is 3. The van der Waals surface area contributed by atoms with Crippen LogP contribution in [0.15, 0.2) is 60.4 Å². The van der Waals surface area contributed by atoms with Crippen molar-refractivity contribution in [2.75, 3.05) is 57.1 Å². The second-order valence-electron chi connectivity index (χ2n) is 13.6. The van der Waals surface area contributed by atoms with Gasteiger partial charge in [-0.25, -0.2) is 4.79 Å². The molecule has 348 valence electrons. The Morgan fingerprint density at radius 2 is 1.70 bits per heavy atom. The van der Waals surface area contributed by atoms with Crippen molar-refractivity contribution in [3.63, 3.8) is 0 Å². The molecular weight excluding hydrogens is 941 g/mol. The van der Waals surface area contributed by atoms with Crippen molar-refractivity contribution in [3.05, 3.63) is 93.1 Å². The normalized spacial score (nSPS) is 12.8. The minimum Gasteiger partial charge on any atom is -0.480 e. The summed E-state index contributed by atoms with van der Waals surface area (Å²) in [7, 11) is -1.52. The predicted molar refractivity (Wildman–Crippen MR) is 254 cm³/mol. The molecule has 63 heavy (non-hydrogen) atoms. The standard InChI is InChI=1S/C15H13Cl2N3O2.C14H20ClNO2.C8H11Cl2NO.C5H12NO4P/c1-2-7-22-13-9-12(10(16)8-11(13)17)20-15(21)19-6-4-3-5-14(19)18-20;1-4-11-7-6-8-12(5-2)14(11)16(10-18-3)13(17)9-15;1-3-5-11(6-4-2)8(12)7(9)10;1-11(9,10)3-2-4(6)5(7)8/h1,8-9H,3-7H2;6-8H,4-5,9-10H2,1-3H3;3-4,7H,1-2,5-6H2;4H,2-3,6H2,1H3,(H,7,8)(H,9,10). The lowest BCUT2D eigenvalue weighted by molar-refractivity contribution is -0.138. The molecule has 2 aromatic carbocycles. The molecule has 2 amide bonds. The smallest absolute Gasteiger partial charge is 0.350 e. The maximum atomic E-state index is 12.5. The van der Waals surface area contributed by atoms with E-state index < -0.39 is 24.2 Å². The minimum atomic E-state index is -3.10. The van der Waals surface area contributed by atoms with Crippen molar-refractivity contribution >= 4 is 88.8 Å². The summed E-state index contributed by atoms with van der Waals surface area (Å²) < 4.78 is 24.1. The van der Waals surface area contributed by atoms with Gasteiger partial charge in [0.05, 0.1) is 21.4 Å². The zero-order valence-electron chi connectivity index (χ0n) is 35.8. The highest BCUT2D eigenvalue weighted by molar-refractivity contribution is 7.57. The molecule has 0 spiro atoms. The van der Waals surface area contributed by atoms with Gasteiger partial charge in [0.15, 0.2) is 12.2 Å². The molecule has 3 aromatic rings. The number of terminal acetylenes is 1. The molecule has 1 aliphatic rings. The Bertz CT molecular complexity index is 2100. The van der Waals surface area contributed by atoms with Gasteiger partial charge in [-0.1, -0.05) is 96.5 Å². The SMILES string of the molecule is C#CCOc1cc(-n2nc3n(c2=O)CCCC3)c(Cl)cc1Cl.C=CCN(CC=C)C(=O)C(Cl)Cl.CCc1cccc(CC)c1N(COC)C(=O)CCl.CP(=O)(O)CCC(N)C(=O)O. The van der Waals surface area contributed by atoms with Crippen LogP contribution in [0.4, 0.5) is 5.69 Å². The number of nitrogens with two attached hydrogens (primary N) is 1. The van der Waals surface area contributed by atoms with Gasteiger partial charge in [0.25, 0.3) is 5.91 Å². The van der Waals surface area contributed by atoms with Gasteiger partial charge >= 0.3 is 11.7 Å². The van der Waals surface area contributed by atoms with Crippen LogP contribution in [0.1, 0.15) is 50.1 Å². The number of nitrogens with zero attached hydrogens (tertiary/aromatic N) is 5. The molecule has 4 rings (SSSR count). The van der Waals surface area contributed by atoms with Gasteiger partial charge in [-0.15, -0.1) is 36.3 Å². The molecule has 0 aliphatic carbocycles. The number of fused-ring (bicyclic) bond motifs is 1. The molecule has 0 saturated heterocycles. The van der Waals surface area contributed by atoms with E-state index >= 15 is 0 Å². The zero-order valence-corrected chi connectivity index (χ0v) is 40.5. The number of hydrogen-bond donors (Lipinski definition) is 3. The van der Waals surface area contributed by atoms with Crippen LogP contribution in [0.3, 0.4) is 0 Å². The van der Waals surface area contributed by atoms with Crippen LogP contribution in [0.2, 0.25) is 10.0 Å². The van der Waals surface area contributed by atoms with E-state index in [0.29, 0.717) is 41.1 Å². The van der Waals surface area contributed by atoms with Gasteiger partial charge in [0.1, 0.15) is 36.8 Å². The highest BCUT2D eigenvalue weighted by Gasteiger charge is 2.22. The highest BCUT2D eigenvalue weighted by atomic mass is 35.5. The van der Waals surface area contributed by atoms with Crippen LogP contribution in [-0.2, 0) is 49.5 Å². The fourth-order valence-electron chi connectivity index (χ4n) is 5.70. The van der Waals surface area contributed by atoms with Crippen molar-refractivity contribution in [1.82, 2.24) is 19.2 Å². The molecule has 0 bridgehead atoms. The summed E-state index contributed by atoms with van der Waals surface area (Å²) in [5.41, 5.74) is 8.56. The molecule has 0 fully saturated rings. The fraction of sp³-hybridized carbons (Fsp3) is 0.452. The van der Waals surface area contributed by atoms with Gasteiger partial charge in [0.2, 0.25) is 5.91 Å². The van der Waals surface area contributed by atoms with Crippen molar-refractivity contribution in [1.29, 1.82) is 0 Å². The van der Waals surface area contributed by atoms with E-state index in [4.69, 9.17) is 89.6 Å². The number of methoxy groups -OCH3 is 1. The number of amides is 2. The summed E-state index contributed by atoms with van der Waals surface area (Å²) in [4.78, 5) is 56.6. The lowest BCUT2D eigenvalue weighted by atomic mass is 10.0. The van der Waals surface area contributed by atoms with Gasteiger partial charge in [0, 0.05) is 52.1 Å². The first-order valence-corrected chi connectivity index (χ1v) is 24.0. The minimum absolute atomic E-state index is 0.0371. The molecule has 2 unspecified atom stereocenters. The summed E-state index contributed by atoms with van der Waals surface area (Å²) in [5, 5.41) is 13.3. The van der Waals surface area contributed by atoms with Gasteiger partial charge in [-0.3, -0.25) is 28.4 Å². The predicted octanol–water partition coefficient (Wildman–Crippen LogP) is 7.36. The number of para-hydroxylation sites is 1. The topological polar surface area (TPSA) is 200 Å². The molecule has 4 N–H and O–H groups in total. The van der Waals surface area contributed by atoms with Crippen LogP contribution in [-0.4, -0.2) is 110 Å². The molecule has 0 saturated carbocycles. The van der Waals surface area contributed by atoms with Crippen molar-refractivity contribution in [3.8, 4) is 23.8 Å². The zero-order chi connectivity index (χ0) is 47.9. The number of carbonyl (C=O) groups is 3. The lowest BCUT2D eigenvalue weighted by Crippen LogP contribution is -2.35. The Morgan fingerprint density at radius 1 is 1.10 bits per heavy atom. The molecule has 0 radical (unpaired) electrons. The summed E-state index contributed by atoms with van der Waals surface area (Å²) in [5.74, 6) is 1.88. The van der Waals surface area contributed by atoms with Crippen molar-refractivity contribution in [2.24, 2.45) is 5.73 Å². The van der Waals surface area contributed by atoms with E-state index in [1.807, 2.05) is 18.2 Å². The Labute approximate surface area is 394 Å². The number of carboxylic acids is 1. The highest BCUT2D eigenvalue weighted by Crippen LogP contribution is 2.36. The largest absolute Gasteiger partial charge is 0.480 e. The number of carbonyl (C=O) groups excluding carboxylic acids is 2. The van der Waals surface area contributed by atoms with Crippen molar-refractivity contribution < 1.29 is 38.4 Å². The van der Waals surface area contributed by atoms with E-state index in [1.54, 1.807) is 34.8 Å². The Morgan fingerprint density at radius 3 is 2.16 bits per heavy atom. The summed E-state index contributed by atoms with van der Waals surface area (Å²) in [6.45, 7) is 14.2. The number of anilines is 1. The van der Waals surface area contributed by atoms with E-state index in [9.17, 15) is 23.7 Å². The summed E-state index contributed by atoms with van der Waals surface area (Å²) in [6, 6.07) is 8.18. The van der Waals surface area contributed by atoms with Crippen molar-refractivity contribution in [2.45, 2.75) is 69.8 Å². The Balaban J connectivity index is 0.000000439. The van der Waals surface area contributed by atoms with Crippen LogP contribution < -0.4 is 21.1 Å². The van der Waals surface area contributed by atoms with Gasteiger partial charge < -0.3 is 30.1 Å². The van der Waals surface area contributed by atoms with Crippen LogP contribution in [0, 0.1) is 12.3 Å². The summed E-state index contributed by atoms with van der Waals surface area (Å²) in [6.07, 6.45) is 12.9. The number of carboxylic acid groups (broad SMARTS) is 1. The van der Waals surface area contributed by atoms with E-state index in [2.05, 4.69) is 38.0 Å². The van der Waals surface area contributed by atoms with E-state index in [1.165, 1.54) is 22.3 Å². The first-order chi connectivity index (χ1) is 29.8. The number of benzene rings is 2. The third kappa shape index (κ3) is 19.1. The molecule has 21 heteroatoms. The molecule has 15 nitrogen and oxygen atoms in total. The Kier molecular flexibility index (Phi) is 26.9. The van der Waals surface area contributed by atoms with Crippen LogP contribution in [0.25, 0.3) is 5.69 Å². The van der Waals surface area contributed by atoms with E-state index in [-0.39, 0.29) is 49.3 Å². The quantitative estimate of drug-likeness (QED) is 0.0379. The maximum absolute atomic E-state index is 12.5. The number of ether oxygens (including phenoxy) is 2. The first kappa shape index (κ1) is 57.2. The number of halogens is 5. The van der Waals surface area contributed by atoms with Gasteiger partial charge in [-0.05, 0) is 49.3 Å². The monoisotopic (exact) mass is 994 g/mol. The lowest BCUT2D eigenvalue weighted by Gasteiger charge is -2.26. The third-order valence-electron chi connectivity index (χ3n) is 8.79. The second-order valence-corrected chi connectivity index (χ2v) is 18.3. The average Bonchev–Trinajstić information content (AvgIpc) is 3.59. The molecule has 1 aliphatic heterocycles. The third-order valence-corrected chi connectivity index (χ3v) is 11.1. The Hall–Kier alpha value is -3.81. The number of aliphatic carboxylic acids is 1. The number of rotatable bonds is 18. The maximum Gasteiger partial charge on any atom is 0.350 e. The van der Waals surface area contributed by atoms with E-state index in [0.717, 1.165) is 54.7 Å².